The minimum absolute atomic E-state index is 0.0523. The Kier molecular flexibility index (Phi) is 6.26. The Hall–Kier alpha value is -1.51. The van der Waals surface area contributed by atoms with E-state index in [1.807, 2.05) is 4.90 Å². The predicted octanol–water partition coefficient (Wildman–Crippen LogP) is 0.777. The van der Waals surface area contributed by atoms with Crippen LogP contribution in [-0.4, -0.2) is 89.8 Å². The van der Waals surface area contributed by atoms with Crippen LogP contribution in [0, 0.1) is 0 Å². The summed E-state index contributed by atoms with van der Waals surface area (Å²) < 4.78 is 10.5. The lowest BCUT2D eigenvalue weighted by Crippen LogP contribution is -2.60. The molecule has 1 atom stereocenters. The van der Waals surface area contributed by atoms with Crippen molar-refractivity contribution < 1.29 is 14.1 Å². The number of carbonyl (C=O) groups is 1. The molecule has 146 valence electrons. The number of methoxy groups -OCH3 is 1. The van der Waals surface area contributed by atoms with Gasteiger partial charge in [-0.05, 0) is 26.8 Å². The standard InChI is InChI=1S/C18H31N5O3/c1-4-23-9-8-18(7-5-17(23)24)14-22(11-10-21(18)2)13-16-19-15(20-26-16)6-12-25-3/h4-14H2,1-3H3. The second-order valence-electron chi connectivity index (χ2n) is 7.43. The lowest BCUT2D eigenvalue weighted by atomic mass is 9.86. The average Bonchev–Trinajstić information content (AvgIpc) is 3.02. The lowest BCUT2D eigenvalue weighted by Gasteiger charge is -2.49. The van der Waals surface area contributed by atoms with Crippen molar-refractivity contribution in [2.24, 2.45) is 0 Å². The number of likely N-dealkylation sites (N-methyl/N-ethyl adjacent to an activating group) is 1. The van der Waals surface area contributed by atoms with Gasteiger partial charge in [0.25, 0.3) is 0 Å². The molecule has 0 radical (unpaired) electrons. The van der Waals surface area contributed by atoms with Gasteiger partial charge in [0.2, 0.25) is 11.8 Å². The van der Waals surface area contributed by atoms with Crippen LogP contribution in [0.1, 0.15) is 37.9 Å². The van der Waals surface area contributed by atoms with Crippen LogP contribution in [0.4, 0.5) is 0 Å². The van der Waals surface area contributed by atoms with Gasteiger partial charge >= 0.3 is 0 Å². The third kappa shape index (κ3) is 4.24. The van der Waals surface area contributed by atoms with Gasteiger partial charge in [-0.1, -0.05) is 5.16 Å². The van der Waals surface area contributed by atoms with Crippen molar-refractivity contribution in [2.45, 2.75) is 44.7 Å². The van der Waals surface area contributed by atoms with Gasteiger partial charge < -0.3 is 14.2 Å². The van der Waals surface area contributed by atoms with Gasteiger partial charge in [0.1, 0.15) is 0 Å². The lowest BCUT2D eigenvalue weighted by molar-refractivity contribution is -0.130. The van der Waals surface area contributed by atoms with Crippen molar-refractivity contribution in [1.29, 1.82) is 0 Å². The third-order valence-electron chi connectivity index (χ3n) is 5.86. The summed E-state index contributed by atoms with van der Waals surface area (Å²) >= 11 is 0. The average molecular weight is 365 g/mol. The Balaban J connectivity index is 1.64. The topological polar surface area (TPSA) is 74.9 Å². The fraction of sp³-hybridized carbons (Fsp3) is 0.833. The third-order valence-corrected chi connectivity index (χ3v) is 5.86. The number of piperazine rings is 1. The highest BCUT2D eigenvalue weighted by Crippen LogP contribution is 2.32. The van der Waals surface area contributed by atoms with Gasteiger partial charge in [-0.3, -0.25) is 14.6 Å². The molecule has 1 unspecified atom stereocenters. The molecule has 2 saturated heterocycles. The van der Waals surface area contributed by atoms with Crippen LogP contribution in [0.25, 0.3) is 0 Å². The van der Waals surface area contributed by atoms with Crippen molar-refractivity contribution in [3.05, 3.63) is 11.7 Å². The molecule has 1 aromatic rings. The van der Waals surface area contributed by atoms with Gasteiger partial charge in [-0.25, -0.2) is 0 Å². The Bertz CT molecular complexity index is 607. The second-order valence-corrected chi connectivity index (χ2v) is 7.43. The Morgan fingerprint density at radius 3 is 2.88 bits per heavy atom. The number of aromatic nitrogens is 2. The summed E-state index contributed by atoms with van der Waals surface area (Å²) in [5, 5.41) is 4.03. The maximum absolute atomic E-state index is 12.3. The largest absolute Gasteiger partial charge is 0.384 e. The Labute approximate surface area is 155 Å². The summed E-state index contributed by atoms with van der Waals surface area (Å²) in [6.07, 6.45) is 3.23. The molecule has 3 rings (SSSR count). The van der Waals surface area contributed by atoms with Gasteiger partial charge in [-0.2, -0.15) is 4.98 Å². The highest BCUT2D eigenvalue weighted by Gasteiger charge is 2.42. The molecule has 8 nitrogen and oxygen atoms in total. The molecule has 1 aromatic heterocycles. The molecule has 26 heavy (non-hydrogen) atoms. The zero-order chi connectivity index (χ0) is 18.6. The quantitative estimate of drug-likeness (QED) is 0.737. The van der Waals surface area contributed by atoms with E-state index in [0.29, 0.717) is 37.7 Å². The summed E-state index contributed by atoms with van der Waals surface area (Å²) in [5.74, 6) is 1.65. The zero-order valence-corrected chi connectivity index (χ0v) is 16.2. The molecule has 0 aromatic carbocycles. The molecule has 2 aliphatic rings. The monoisotopic (exact) mass is 365 g/mol. The first-order chi connectivity index (χ1) is 12.6. The summed E-state index contributed by atoms with van der Waals surface area (Å²) in [6.45, 7) is 7.86. The number of amides is 1. The van der Waals surface area contributed by atoms with Crippen LogP contribution in [0.2, 0.25) is 0 Å². The first-order valence-corrected chi connectivity index (χ1v) is 9.58. The van der Waals surface area contributed by atoms with E-state index < -0.39 is 0 Å². The van der Waals surface area contributed by atoms with E-state index in [1.54, 1.807) is 7.11 Å². The van der Waals surface area contributed by atoms with Crippen molar-refractivity contribution in [2.75, 3.05) is 53.5 Å². The number of ether oxygens (including phenoxy) is 1. The molecule has 0 aliphatic carbocycles. The van der Waals surface area contributed by atoms with E-state index in [0.717, 1.165) is 45.6 Å². The van der Waals surface area contributed by atoms with Crippen molar-refractivity contribution >= 4 is 5.91 Å². The van der Waals surface area contributed by atoms with Crippen LogP contribution < -0.4 is 0 Å². The van der Waals surface area contributed by atoms with E-state index >= 15 is 0 Å². The molecule has 1 spiro atoms. The molecular weight excluding hydrogens is 334 g/mol. The van der Waals surface area contributed by atoms with Gasteiger partial charge in [0.15, 0.2) is 5.82 Å². The summed E-state index contributed by atoms with van der Waals surface area (Å²) in [7, 11) is 3.86. The first-order valence-electron chi connectivity index (χ1n) is 9.58. The van der Waals surface area contributed by atoms with Crippen LogP contribution in [-0.2, 0) is 22.5 Å². The van der Waals surface area contributed by atoms with Gasteiger partial charge in [-0.15, -0.1) is 0 Å². The van der Waals surface area contributed by atoms with Crippen LogP contribution in [0.5, 0.6) is 0 Å². The fourth-order valence-electron chi connectivity index (χ4n) is 4.08. The molecule has 1 amide bonds. The van der Waals surface area contributed by atoms with E-state index in [1.165, 1.54) is 0 Å². The minimum atomic E-state index is 0.0523. The number of rotatable bonds is 6. The SMILES string of the molecule is CCN1CCC2(CCC1=O)CN(Cc1nc(CCOC)no1)CCN2C. The summed E-state index contributed by atoms with van der Waals surface area (Å²) in [5.41, 5.74) is 0.0523. The zero-order valence-electron chi connectivity index (χ0n) is 16.2. The van der Waals surface area contributed by atoms with E-state index in [9.17, 15) is 4.79 Å². The Morgan fingerprint density at radius 2 is 2.12 bits per heavy atom. The minimum Gasteiger partial charge on any atom is -0.384 e. The van der Waals surface area contributed by atoms with Crippen LogP contribution >= 0.6 is 0 Å². The number of carbonyl (C=O) groups excluding carboxylic acids is 1. The summed E-state index contributed by atoms with van der Waals surface area (Å²) in [6, 6.07) is 0. The molecule has 0 bridgehead atoms. The molecule has 2 aliphatic heterocycles. The number of nitrogens with zero attached hydrogens (tertiary/aromatic N) is 5. The molecule has 8 heteroatoms. The van der Waals surface area contributed by atoms with Crippen molar-refractivity contribution in [1.82, 2.24) is 24.8 Å². The smallest absolute Gasteiger partial charge is 0.240 e. The molecule has 3 heterocycles. The van der Waals surface area contributed by atoms with Crippen LogP contribution in [0.3, 0.4) is 0 Å². The molecule has 0 N–H and O–H groups in total. The molecule has 0 saturated carbocycles. The number of likely N-dealkylation sites (tertiary alicyclic amines) is 1. The molecular formula is C18H31N5O3. The van der Waals surface area contributed by atoms with E-state index in [-0.39, 0.29) is 11.4 Å². The van der Waals surface area contributed by atoms with Crippen molar-refractivity contribution in [3.63, 3.8) is 0 Å². The van der Waals surface area contributed by atoms with Crippen molar-refractivity contribution in [3.8, 4) is 0 Å². The normalized spacial score (nSPS) is 25.8. The van der Waals surface area contributed by atoms with E-state index in [2.05, 4.69) is 33.9 Å². The highest BCUT2D eigenvalue weighted by atomic mass is 16.5. The van der Waals surface area contributed by atoms with Crippen LogP contribution in [0.15, 0.2) is 4.52 Å². The number of hydrogen-bond acceptors (Lipinski definition) is 7. The highest BCUT2D eigenvalue weighted by molar-refractivity contribution is 5.76. The maximum atomic E-state index is 12.3. The number of hydrogen-bond donors (Lipinski definition) is 0. The Morgan fingerprint density at radius 1 is 1.27 bits per heavy atom. The first kappa shape index (κ1) is 19.3. The van der Waals surface area contributed by atoms with E-state index in [4.69, 9.17) is 9.26 Å². The molecule has 2 fully saturated rings. The maximum Gasteiger partial charge on any atom is 0.240 e. The summed E-state index contributed by atoms with van der Waals surface area (Å²) in [4.78, 5) is 23.6. The van der Waals surface area contributed by atoms with Gasteiger partial charge in [0, 0.05) is 58.2 Å². The second kappa shape index (κ2) is 8.45. The predicted molar refractivity (Wildman–Crippen MR) is 96.6 cm³/mol. The van der Waals surface area contributed by atoms with Gasteiger partial charge in [0.05, 0.1) is 13.2 Å². The fourth-order valence-corrected chi connectivity index (χ4v) is 4.08.